The zero-order chi connectivity index (χ0) is 34.6. The van der Waals surface area contributed by atoms with E-state index in [1.54, 1.807) is 0 Å². The van der Waals surface area contributed by atoms with Crippen LogP contribution in [-0.4, -0.2) is 0 Å². The molecule has 0 N–H and O–H groups in total. The van der Waals surface area contributed by atoms with Crippen molar-refractivity contribution in [2.24, 2.45) is 0 Å². The van der Waals surface area contributed by atoms with Crippen molar-refractivity contribution in [1.29, 1.82) is 0 Å². The fraction of sp³-hybridized carbons (Fsp3) is 0. The molecule has 0 bridgehead atoms. The van der Waals surface area contributed by atoms with Crippen molar-refractivity contribution < 1.29 is 17.7 Å². The molecule has 248 valence electrons. The van der Waals surface area contributed by atoms with E-state index in [4.69, 9.17) is 17.7 Å². The lowest BCUT2D eigenvalue weighted by molar-refractivity contribution is 0.663. The fourth-order valence-electron chi connectivity index (χ4n) is 8.33. The van der Waals surface area contributed by atoms with Gasteiger partial charge in [-0.25, -0.2) is 0 Å². The van der Waals surface area contributed by atoms with Crippen LogP contribution in [0.15, 0.2) is 181 Å². The fourth-order valence-corrected chi connectivity index (χ4v) is 8.33. The molecular weight excluding hydrogens is 655 g/mol. The molecule has 8 aromatic carbocycles. The van der Waals surface area contributed by atoms with Crippen LogP contribution >= 0.6 is 0 Å². The Balaban J connectivity index is 1.12. The third-order valence-electron chi connectivity index (χ3n) is 10.7. The molecule has 0 aliphatic carbocycles. The van der Waals surface area contributed by atoms with Crippen molar-refractivity contribution in [3.05, 3.63) is 164 Å². The van der Waals surface area contributed by atoms with E-state index in [1.165, 1.54) is 0 Å². The van der Waals surface area contributed by atoms with Crippen LogP contribution < -0.4 is 4.90 Å². The van der Waals surface area contributed by atoms with E-state index in [2.05, 4.69) is 126 Å². The van der Waals surface area contributed by atoms with Crippen LogP contribution in [0.25, 0.3) is 98.9 Å². The highest BCUT2D eigenvalue weighted by Crippen LogP contribution is 2.47. The number of para-hydroxylation sites is 6. The number of hydrogen-bond donors (Lipinski definition) is 0. The molecule has 5 nitrogen and oxygen atoms in total. The molecule has 0 atom stereocenters. The first-order valence-electron chi connectivity index (χ1n) is 17.7. The van der Waals surface area contributed by atoms with E-state index in [0.29, 0.717) is 0 Å². The van der Waals surface area contributed by atoms with E-state index in [-0.39, 0.29) is 0 Å². The average Bonchev–Trinajstić information content (AvgIpc) is 3.98. The molecule has 0 aliphatic heterocycles. The summed E-state index contributed by atoms with van der Waals surface area (Å²) in [5.74, 6) is 0. The minimum Gasteiger partial charge on any atom is -0.456 e. The minimum absolute atomic E-state index is 0.808. The summed E-state index contributed by atoms with van der Waals surface area (Å²) in [6, 6.07) is 56.4. The van der Waals surface area contributed by atoms with E-state index < -0.39 is 0 Å². The molecule has 0 fully saturated rings. The standard InChI is InChI=1S/C48H27NO4/c1-4-22-40-31(13-1)33-18-9-20-38(46(33)51-40)49(39-21-10-19-34-32-14-2-5-23-41(32)52-47(34)39)29-12-7-11-28(27-29)30-16-8-17-35-36-25-26-43-44(48(36)53-45(30)35)37-15-3-6-24-42(37)50-43/h1-27H. The first kappa shape index (κ1) is 28.5. The number of anilines is 3. The number of hydrogen-bond acceptors (Lipinski definition) is 5. The van der Waals surface area contributed by atoms with E-state index in [9.17, 15) is 0 Å². The summed E-state index contributed by atoms with van der Waals surface area (Å²) in [6.07, 6.45) is 0. The largest absolute Gasteiger partial charge is 0.456 e. The van der Waals surface area contributed by atoms with Gasteiger partial charge in [-0.05, 0) is 60.2 Å². The van der Waals surface area contributed by atoms with Crippen LogP contribution in [0.5, 0.6) is 0 Å². The summed E-state index contributed by atoms with van der Waals surface area (Å²) in [6.45, 7) is 0. The van der Waals surface area contributed by atoms with Gasteiger partial charge in [0.05, 0.1) is 16.8 Å². The average molecular weight is 682 g/mol. The monoisotopic (exact) mass is 681 g/mol. The van der Waals surface area contributed by atoms with Crippen molar-refractivity contribution in [3.63, 3.8) is 0 Å². The highest BCUT2D eigenvalue weighted by molar-refractivity contribution is 6.23. The van der Waals surface area contributed by atoms with Gasteiger partial charge in [0.1, 0.15) is 33.5 Å². The highest BCUT2D eigenvalue weighted by atomic mass is 16.3. The van der Waals surface area contributed by atoms with Crippen molar-refractivity contribution in [1.82, 2.24) is 0 Å². The molecule has 0 saturated heterocycles. The van der Waals surface area contributed by atoms with Crippen molar-refractivity contribution in [2.75, 3.05) is 4.90 Å². The topological polar surface area (TPSA) is 55.8 Å². The summed E-state index contributed by atoms with van der Waals surface area (Å²) in [5.41, 5.74) is 11.5. The Morgan fingerprint density at radius 2 is 0.849 bits per heavy atom. The molecule has 4 heterocycles. The molecule has 0 aliphatic rings. The van der Waals surface area contributed by atoms with E-state index in [0.717, 1.165) is 116 Å². The maximum absolute atomic E-state index is 6.87. The lowest BCUT2D eigenvalue weighted by Crippen LogP contribution is -2.10. The zero-order valence-electron chi connectivity index (χ0n) is 28.2. The minimum atomic E-state index is 0.808. The Bertz CT molecular complexity index is 3320. The smallest absolute Gasteiger partial charge is 0.159 e. The normalized spacial score (nSPS) is 12.2. The summed E-state index contributed by atoms with van der Waals surface area (Å²) in [4.78, 5) is 2.26. The maximum Gasteiger partial charge on any atom is 0.159 e. The van der Waals surface area contributed by atoms with Gasteiger partial charge in [-0.1, -0.05) is 109 Å². The number of nitrogens with zero attached hydrogens (tertiary/aromatic N) is 1. The Hall–Kier alpha value is -7.24. The van der Waals surface area contributed by atoms with Gasteiger partial charge in [0, 0.05) is 49.0 Å². The van der Waals surface area contributed by atoms with Gasteiger partial charge in [0.25, 0.3) is 0 Å². The third-order valence-corrected chi connectivity index (χ3v) is 10.7. The van der Waals surface area contributed by atoms with Crippen LogP contribution in [0.2, 0.25) is 0 Å². The first-order chi connectivity index (χ1) is 26.3. The quantitative estimate of drug-likeness (QED) is 0.185. The lowest BCUT2D eigenvalue weighted by Gasteiger charge is -2.26. The molecule has 0 amide bonds. The maximum atomic E-state index is 6.87. The second-order valence-electron chi connectivity index (χ2n) is 13.6. The first-order valence-corrected chi connectivity index (χ1v) is 17.7. The highest BCUT2D eigenvalue weighted by Gasteiger charge is 2.24. The molecule has 0 radical (unpaired) electrons. The van der Waals surface area contributed by atoms with Crippen LogP contribution in [0.1, 0.15) is 0 Å². The molecule has 0 unspecified atom stereocenters. The van der Waals surface area contributed by atoms with Crippen molar-refractivity contribution in [3.8, 4) is 11.1 Å². The van der Waals surface area contributed by atoms with Gasteiger partial charge in [0.2, 0.25) is 0 Å². The third kappa shape index (κ3) is 4.02. The molecule has 5 heteroatoms. The van der Waals surface area contributed by atoms with Crippen LogP contribution in [0.4, 0.5) is 17.1 Å². The van der Waals surface area contributed by atoms with E-state index in [1.807, 2.05) is 42.5 Å². The second kappa shape index (κ2) is 10.6. The Labute approximate surface area is 301 Å². The Morgan fingerprint density at radius 1 is 0.321 bits per heavy atom. The van der Waals surface area contributed by atoms with Crippen LogP contribution in [0.3, 0.4) is 0 Å². The van der Waals surface area contributed by atoms with Crippen LogP contribution in [0, 0.1) is 0 Å². The summed E-state index contributed by atoms with van der Waals surface area (Å²) >= 11 is 0. The number of rotatable bonds is 4. The van der Waals surface area contributed by atoms with Gasteiger partial charge in [0.15, 0.2) is 11.2 Å². The molecule has 12 aromatic rings. The predicted octanol–water partition coefficient (Wildman–Crippen LogP) is 14.4. The zero-order valence-corrected chi connectivity index (χ0v) is 28.2. The summed E-state index contributed by atoms with van der Waals surface area (Å²) in [7, 11) is 0. The van der Waals surface area contributed by atoms with Crippen molar-refractivity contribution in [2.45, 2.75) is 0 Å². The Kier molecular flexibility index (Phi) is 5.71. The second-order valence-corrected chi connectivity index (χ2v) is 13.6. The van der Waals surface area contributed by atoms with Gasteiger partial charge in [-0.15, -0.1) is 0 Å². The molecule has 4 aromatic heterocycles. The predicted molar refractivity (Wildman–Crippen MR) is 216 cm³/mol. The summed E-state index contributed by atoms with van der Waals surface area (Å²) < 4.78 is 26.4. The van der Waals surface area contributed by atoms with Gasteiger partial charge in [-0.2, -0.15) is 0 Å². The van der Waals surface area contributed by atoms with Gasteiger partial charge >= 0.3 is 0 Å². The molecule has 53 heavy (non-hydrogen) atoms. The molecule has 0 spiro atoms. The van der Waals surface area contributed by atoms with Gasteiger partial charge < -0.3 is 22.6 Å². The van der Waals surface area contributed by atoms with Crippen molar-refractivity contribution >= 4 is 105 Å². The molecule has 12 rings (SSSR count). The van der Waals surface area contributed by atoms with Crippen LogP contribution in [-0.2, 0) is 0 Å². The van der Waals surface area contributed by atoms with Gasteiger partial charge in [-0.3, -0.25) is 0 Å². The molecule has 0 saturated carbocycles. The SMILES string of the molecule is c1cc(-c2cccc3c2oc2c3ccc3oc4ccccc4c32)cc(N(c2cccc3c2oc2ccccc23)c2cccc3c2oc2ccccc23)c1. The Morgan fingerprint density at radius 3 is 1.53 bits per heavy atom. The number of furan rings is 4. The molecular formula is C48H27NO4. The lowest BCUT2D eigenvalue weighted by atomic mass is 10.0. The van der Waals surface area contributed by atoms with E-state index >= 15 is 0 Å². The summed E-state index contributed by atoms with van der Waals surface area (Å²) in [5, 5.41) is 8.44. The number of fused-ring (bicyclic) bond motifs is 13. The number of benzene rings is 8.